The molecule has 42 heavy (non-hydrogen) atoms. The molecular formula is C28H40N6O8. The standard InChI is InChI=1S/C28H40N6O8/c1-16(2)24-28(41)30-17(3)15-42-21-8-5-4-7-18(21)25(38)32-19(13-22(36)31-20(14-35)27(40)33-24)26(39)29-10-12-34-11-6-9-23(34)37/h4-5,7-8,16-17,19-20,24,35H,6,9-15H2,1-3H3,(H,29,39)(H,30,41)(H,31,36)(H,32,38)(H,33,40)/t17-,19-,20-,24+/m0/s1. The van der Waals surface area contributed by atoms with Crippen LogP contribution in [0.1, 0.15) is 50.4 Å². The Labute approximate surface area is 244 Å². The Morgan fingerprint density at radius 1 is 1.07 bits per heavy atom. The Bertz CT molecular complexity index is 1170. The molecule has 1 aromatic carbocycles. The van der Waals surface area contributed by atoms with Crippen molar-refractivity contribution in [2.24, 2.45) is 5.92 Å². The van der Waals surface area contributed by atoms with E-state index < -0.39 is 66.7 Å². The lowest BCUT2D eigenvalue weighted by Gasteiger charge is -2.26. The lowest BCUT2D eigenvalue weighted by atomic mass is 10.0. The number of benzene rings is 1. The SMILES string of the molecule is CC(C)[C@H]1NC(=O)[C@H](CO)NC(=O)C[C@@H](C(=O)NCCN2CCCC2=O)NC(=O)c2ccccc2OC[C@H](C)NC1=O. The summed E-state index contributed by atoms with van der Waals surface area (Å²) in [6, 6.07) is 2.07. The van der Waals surface area contributed by atoms with E-state index in [0.717, 1.165) is 6.42 Å². The van der Waals surface area contributed by atoms with E-state index >= 15 is 0 Å². The minimum atomic E-state index is -1.41. The molecule has 1 aromatic rings. The van der Waals surface area contributed by atoms with E-state index in [1.54, 1.807) is 43.9 Å². The summed E-state index contributed by atoms with van der Waals surface area (Å²) in [4.78, 5) is 78.8. The van der Waals surface area contributed by atoms with Crippen molar-refractivity contribution < 1.29 is 38.6 Å². The Morgan fingerprint density at radius 2 is 1.81 bits per heavy atom. The first-order valence-corrected chi connectivity index (χ1v) is 14.1. The highest BCUT2D eigenvalue weighted by Gasteiger charge is 2.32. The summed E-state index contributed by atoms with van der Waals surface area (Å²) in [5.41, 5.74) is 0.103. The maximum absolute atomic E-state index is 13.3. The second-order valence-corrected chi connectivity index (χ2v) is 10.8. The smallest absolute Gasteiger partial charge is 0.255 e. The third kappa shape index (κ3) is 8.90. The van der Waals surface area contributed by atoms with E-state index in [0.29, 0.717) is 13.0 Å². The molecule has 14 heteroatoms. The van der Waals surface area contributed by atoms with Crippen LogP contribution in [-0.2, 0) is 24.0 Å². The summed E-state index contributed by atoms with van der Waals surface area (Å²) in [5, 5.41) is 22.8. The van der Waals surface area contributed by atoms with Crippen molar-refractivity contribution >= 4 is 35.4 Å². The van der Waals surface area contributed by atoms with Crippen molar-refractivity contribution in [1.29, 1.82) is 0 Å². The average Bonchev–Trinajstić information content (AvgIpc) is 3.36. The third-order valence-corrected chi connectivity index (χ3v) is 6.95. The van der Waals surface area contributed by atoms with Gasteiger partial charge in [-0.05, 0) is 31.4 Å². The molecule has 0 aliphatic carbocycles. The fraction of sp³-hybridized carbons (Fsp3) is 0.571. The van der Waals surface area contributed by atoms with Gasteiger partial charge in [-0.1, -0.05) is 26.0 Å². The van der Waals surface area contributed by atoms with Crippen LogP contribution in [0.25, 0.3) is 0 Å². The molecular weight excluding hydrogens is 548 g/mol. The molecule has 0 unspecified atom stereocenters. The number of hydrogen-bond donors (Lipinski definition) is 6. The van der Waals surface area contributed by atoms with Gasteiger partial charge >= 0.3 is 0 Å². The first-order chi connectivity index (χ1) is 20.0. The lowest BCUT2D eigenvalue weighted by Crippen LogP contribution is -2.58. The van der Waals surface area contributed by atoms with E-state index in [9.17, 15) is 33.9 Å². The number of aliphatic hydroxyl groups excluding tert-OH is 1. The van der Waals surface area contributed by atoms with Crippen molar-refractivity contribution in [2.75, 3.05) is 32.8 Å². The van der Waals surface area contributed by atoms with Crippen molar-refractivity contribution in [2.45, 2.75) is 64.2 Å². The van der Waals surface area contributed by atoms with Crippen LogP contribution in [0.15, 0.2) is 24.3 Å². The number of ether oxygens (including phenoxy) is 1. The summed E-state index contributed by atoms with van der Waals surface area (Å²) < 4.78 is 5.83. The summed E-state index contributed by atoms with van der Waals surface area (Å²) >= 11 is 0. The number of carbonyl (C=O) groups excluding carboxylic acids is 6. The molecule has 1 fully saturated rings. The molecule has 0 bridgehead atoms. The molecule has 2 aliphatic rings. The Balaban J connectivity index is 1.85. The van der Waals surface area contributed by atoms with Gasteiger partial charge in [-0.15, -0.1) is 0 Å². The minimum absolute atomic E-state index is 0.00621. The number of fused-ring (bicyclic) bond motifs is 1. The number of nitrogens with one attached hydrogen (secondary N) is 5. The number of para-hydroxylation sites is 1. The largest absolute Gasteiger partial charge is 0.491 e. The maximum Gasteiger partial charge on any atom is 0.255 e. The van der Waals surface area contributed by atoms with Gasteiger partial charge in [-0.2, -0.15) is 0 Å². The maximum atomic E-state index is 13.3. The van der Waals surface area contributed by atoms with Gasteiger partial charge in [0.15, 0.2) is 0 Å². The first-order valence-electron chi connectivity index (χ1n) is 14.1. The molecule has 6 amide bonds. The summed E-state index contributed by atoms with van der Waals surface area (Å²) in [5.74, 6) is -3.57. The Morgan fingerprint density at radius 3 is 2.48 bits per heavy atom. The molecule has 4 atom stereocenters. The molecule has 0 spiro atoms. The van der Waals surface area contributed by atoms with Gasteiger partial charge in [-0.3, -0.25) is 28.8 Å². The molecule has 2 aliphatic heterocycles. The predicted octanol–water partition coefficient (Wildman–Crippen LogP) is -1.57. The Hall–Kier alpha value is -4.20. The van der Waals surface area contributed by atoms with Crippen molar-refractivity contribution in [3.8, 4) is 5.75 Å². The zero-order chi connectivity index (χ0) is 30.8. The highest BCUT2D eigenvalue weighted by molar-refractivity contribution is 6.01. The van der Waals surface area contributed by atoms with Gasteiger partial charge in [0.05, 0.1) is 24.6 Å². The van der Waals surface area contributed by atoms with Crippen LogP contribution in [0.2, 0.25) is 0 Å². The second-order valence-electron chi connectivity index (χ2n) is 10.8. The summed E-state index contributed by atoms with van der Waals surface area (Å²) in [6.45, 7) is 5.37. The number of aliphatic hydroxyl groups is 1. The third-order valence-electron chi connectivity index (χ3n) is 6.95. The first kappa shape index (κ1) is 32.3. The van der Waals surface area contributed by atoms with E-state index in [1.165, 1.54) is 6.07 Å². The zero-order valence-corrected chi connectivity index (χ0v) is 24.1. The Kier molecular flexibility index (Phi) is 11.7. The predicted molar refractivity (Wildman–Crippen MR) is 150 cm³/mol. The number of nitrogens with zero attached hydrogens (tertiary/aromatic N) is 1. The topological polar surface area (TPSA) is 195 Å². The number of carbonyl (C=O) groups is 6. The van der Waals surface area contributed by atoms with E-state index in [2.05, 4.69) is 26.6 Å². The lowest BCUT2D eigenvalue weighted by molar-refractivity contribution is -0.134. The van der Waals surface area contributed by atoms with Gasteiger partial charge in [0.1, 0.15) is 30.5 Å². The van der Waals surface area contributed by atoms with Gasteiger partial charge < -0.3 is 41.3 Å². The molecule has 0 saturated carbocycles. The molecule has 14 nitrogen and oxygen atoms in total. The van der Waals surface area contributed by atoms with E-state index in [-0.39, 0.29) is 42.8 Å². The van der Waals surface area contributed by atoms with Gasteiger partial charge in [-0.25, -0.2) is 0 Å². The fourth-order valence-electron chi connectivity index (χ4n) is 4.61. The van der Waals surface area contributed by atoms with Crippen LogP contribution >= 0.6 is 0 Å². The quantitative estimate of drug-likeness (QED) is 0.229. The normalized spacial score (nSPS) is 24.5. The molecule has 2 heterocycles. The molecule has 0 aromatic heterocycles. The van der Waals surface area contributed by atoms with Crippen LogP contribution < -0.4 is 31.3 Å². The molecule has 1 saturated heterocycles. The highest BCUT2D eigenvalue weighted by Crippen LogP contribution is 2.19. The highest BCUT2D eigenvalue weighted by atomic mass is 16.5. The van der Waals surface area contributed by atoms with Gasteiger partial charge in [0.2, 0.25) is 29.5 Å². The number of rotatable bonds is 6. The van der Waals surface area contributed by atoms with Gasteiger partial charge in [0, 0.05) is 26.1 Å². The van der Waals surface area contributed by atoms with Gasteiger partial charge in [0.25, 0.3) is 5.91 Å². The summed E-state index contributed by atoms with van der Waals surface area (Å²) in [6.07, 6.45) is 0.639. The fourth-order valence-corrected chi connectivity index (χ4v) is 4.61. The van der Waals surface area contributed by atoms with Crippen LogP contribution in [0.3, 0.4) is 0 Å². The number of likely N-dealkylation sites (tertiary alicyclic amines) is 1. The monoisotopic (exact) mass is 588 g/mol. The van der Waals surface area contributed by atoms with Crippen LogP contribution in [0, 0.1) is 5.92 Å². The van der Waals surface area contributed by atoms with Crippen LogP contribution in [0.4, 0.5) is 0 Å². The number of amides is 6. The number of hydrogen-bond acceptors (Lipinski definition) is 8. The molecule has 0 radical (unpaired) electrons. The minimum Gasteiger partial charge on any atom is -0.491 e. The van der Waals surface area contributed by atoms with Crippen molar-refractivity contribution in [3.05, 3.63) is 29.8 Å². The van der Waals surface area contributed by atoms with Crippen molar-refractivity contribution in [1.82, 2.24) is 31.5 Å². The van der Waals surface area contributed by atoms with E-state index in [4.69, 9.17) is 4.74 Å². The molecule has 3 rings (SSSR count). The van der Waals surface area contributed by atoms with E-state index in [1.807, 2.05) is 0 Å². The zero-order valence-electron chi connectivity index (χ0n) is 24.1. The molecule has 230 valence electrons. The second kappa shape index (κ2) is 15.1. The van der Waals surface area contributed by atoms with Crippen LogP contribution in [-0.4, -0.2) is 102 Å². The molecule has 6 N–H and O–H groups in total. The average molecular weight is 589 g/mol. The summed E-state index contributed by atoms with van der Waals surface area (Å²) in [7, 11) is 0. The van der Waals surface area contributed by atoms with Crippen molar-refractivity contribution in [3.63, 3.8) is 0 Å². The van der Waals surface area contributed by atoms with Crippen LogP contribution in [0.5, 0.6) is 5.75 Å².